The highest BCUT2D eigenvalue weighted by Gasteiger charge is 2.38. The van der Waals surface area contributed by atoms with Crippen LogP contribution in [0.25, 0.3) is 0 Å². The van der Waals surface area contributed by atoms with Gasteiger partial charge in [0.05, 0.1) is 6.04 Å². The van der Waals surface area contributed by atoms with Crippen molar-refractivity contribution in [3.63, 3.8) is 0 Å². The topological polar surface area (TPSA) is 44.4 Å². The van der Waals surface area contributed by atoms with Crippen LogP contribution in [0.15, 0.2) is 0 Å². The highest BCUT2D eigenvalue weighted by atomic mass is 35.5. The molecule has 2 rings (SSSR count). The number of carbonyl (C=O) groups excluding carboxylic acids is 1. The normalized spacial score (nSPS) is 26.9. The molecule has 2 aliphatic rings. The van der Waals surface area contributed by atoms with Gasteiger partial charge in [-0.1, -0.05) is 26.7 Å². The van der Waals surface area contributed by atoms with E-state index in [1.807, 2.05) is 0 Å². The second-order valence-corrected chi connectivity index (χ2v) is 7.18. The van der Waals surface area contributed by atoms with Gasteiger partial charge in [0.25, 0.3) is 0 Å². The number of nitrogens with zero attached hydrogens (tertiary/aromatic N) is 1. The van der Waals surface area contributed by atoms with Crippen molar-refractivity contribution in [3.05, 3.63) is 0 Å². The fourth-order valence-corrected chi connectivity index (χ4v) is 4.10. The third-order valence-corrected chi connectivity index (χ3v) is 5.57. The average Bonchev–Trinajstić information content (AvgIpc) is 2.95. The van der Waals surface area contributed by atoms with Crippen LogP contribution >= 0.6 is 24.8 Å². The van der Waals surface area contributed by atoms with Crippen molar-refractivity contribution in [2.24, 2.45) is 5.92 Å². The minimum atomic E-state index is 0. The second-order valence-electron chi connectivity index (χ2n) is 7.18. The zero-order chi connectivity index (χ0) is 15.9. The van der Waals surface area contributed by atoms with Gasteiger partial charge in [0.15, 0.2) is 0 Å². The Morgan fingerprint density at radius 2 is 1.88 bits per heavy atom. The first-order valence-corrected chi connectivity index (χ1v) is 9.42. The molecule has 1 heterocycles. The van der Waals surface area contributed by atoms with Crippen LogP contribution in [-0.4, -0.2) is 48.6 Å². The first kappa shape index (κ1) is 24.0. The Hall–Kier alpha value is -0.0300. The van der Waals surface area contributed by atoms with Crippen molar-refractivity contribution in [3.8, 4) is 0 Å². The van der Waals surface area contributed by atoms with Crippen molar-refractivity contribution in [1.29, 1.82) is 0 Å². The van der Waals surface area contributed by atoms with E-state index in [0.29, 0.717) is 6.04 Å². The van der Waals surface area contributed by atoms with Gasteiger partial charge in [0, 0.05) is 12.1 Å². The van der Waals surface area contributed by atoms with Crippen LogP contribution in [0.3, 0.4) is 0 Å². The molecule has 4 unspecified atom stereocenters. The molecule has 4 atom stereocenters. The maximum Gasteiger partial charge on any atom is 0.237 e. The SMILES string of the molecule is CCN(CC)CCCC(C)NC(=O)C1CC2CCCCC2N1.Cl.Cl. The first-order valence-electron chi connectivity index (χ1n) is 9.42. The van der Waals surface area contributed by atoms with Crippen LogP contribution in [0, 0.1) is 5.92 Å². The Morgan fingerprint density at radius 3 is 2.50 bits per heavy atom. The van der Waals surface area contributed by atoms with Crippen molar-refractivity contribution in [2.75, 3.05) is 19.6 Å². The summed E-state index contributed by atoms with van der Waals surface area (Å²) in [6.45, 7) is 9.93. The summed E-state index contributed by atoms with van der Waals surface area (Å²) in [7, 11) is 0. The highest BCUT2D eigenvalue weighted by Crippen LogP contribution is 2.33. The van der Waals surface area contributed by atoms with E-state index in [2.05, 4.69) is 36.3 Å². The molecule has 0 aromatic heterocycles. The summed E-state index contributed by atoms with van der Waals surface area (Å²) in [4.78, 5) is 14.9. The molecule has 1 aliphatic heterocycles. The van der Waals surface area contributed by atoms with E-state index < -0.39 is 0 Å². The van der Waals surface area contributed by atoms with Gasteiger partial charge in [-0.15, -0.1) is 24.8 Å². The predicted octanol–water partition coefficient (Wildman–Crippen LogP) is 3.38. The van der Waals surface area contributed by atoms with Gasteiger partial charge >= 0.3 is 0 Å². The molecule has 2 N–H and O–H groups in total. The highest BCUT2D eigenvalue weighted by molar-refractivity contribution is 5.85. The summed E-state index contributed by atoms with van der Waals surface area (Å²) in [5.41, 5.74) is 0. The molecule has 0 aromatic carbocycles. The standard InChI is InChI=1S/C18H35N3O.2ClH/c1-4-21(5-2)12-8-9-14(3)19-18(22)17-13-15-10-6-7-11-16(15)20-17;;/h14-17,20H,4-13H2,1-3H3,(H,19,22);2*1H. The molecule has 1 aliphatic carbocycles. The third kappa shape index (κ3) is 7.07. The van der Waals surface area contributed by atoms with E-state index in [1.54, 1.807) is 0 Å². The molecular formula is C18H37Cl2N3O. The Morgan fingerprint density at radius 1 is 1.21 bits per heavy atom. The van der Waals surface area contributed by atoms with Crippen LogP contribution in [0.1, 0.15) is 65.7 Å². The molecule has 2 fully saturated rings. The summed E-state index contributed by atoms with van der Waals surface area (Å²) >= 11 is 0. The molecule has 0 aromatic rings. The number of hydrogen-bond donors (Lipinski definition) is 2. The van der Waals surface area contributed by atoms with Crippen molar-refractivity contribution >= 4 is 30.7 Å². The Kier molecular flexibility index (Phi) is 12.3. The lowest BCUT2D eigenvalue weighted by molar-refractivity contribution is -0.123. The summed E-state index contributed by atoms with van der Waals surface area (Å²) in [6.07, 6.45) is 8.51. The number of carbonyl (C=O) groups is 1. The van der Waals surface area contributed by atoms with Gasteiger partial charge in [-0.05, 0) is 64.6 Å². The zero-order valence-electron chi connectivity index (χ0n) is 15.6. The molecule has 1 saturated carbocycles. The number of hydrogen-bond acceptors (Lipinski definition) is 3. The smallest absolute Gasteiger partial charge is 0.237 e. The van der Waals surface area contributed by atoms with Crippen molar-refractivity contribution in [2.45, 2.75) is 83.8 Å². The Balaban J connectivity index is 0.00000264. The lowest BCUT2D eigenvalue weighted by Crippen LogP contribution is -2.46. The van der Waals surface area contributed by atoms with Crippen molar-refractivity contribution in [1.82, 2.24) is 15.5 Å². The Labute approximate surface area is 160 Å². The van der Waals surface area contributed by atoms with E-state index in [1.165, 1.54) is 25.7 Å². The number of rotatable bonds is 8. The van der Waals surface area contributed by atoms with E-state index >= 15 is 0 Å². The maximum absolute atomic E-state index is 12.4. The molecule has 24 heavy (non-hydrogen) atoms. The first-order chi connectivity index (χ1) is 10.6. The van der Waals surface area contributed by atoms with E-state index in [4.69, 9.17) is 0 Å². The molecule has 0 bridgehead atoms. The minimum absolute atomic E-state index is 0. The van der Waals surface area contributed by atoms with Gasteiger partial charge < -0.3 is 15.5 Å². The van der Waals surface area contributed by atoms with Gasteiger partial charge in [-0.3, -0.25) is 4.79 Å². The van der Waals surface area contributed by atoms with E-state index in [-0.39, 0.29) is 42.8 Å². The molecule has 6 heteroatoms. The summed E-state index contributed by atoms with van der Waals surface area (Å²) < 4.78 is 0. The number of fused-ring (bicyclic) bond motifs is 1. The fourth-order valence-electron chi connectivity index (χ4n) is 4.10. The van der Waals surface area contributed by atoms with Crippen LogP contribution in [0.2, 0.25) is 0 Å². The summed E-state index contributed by atoms with van der Waals surface area (Å²) in [5.74, 6) is 0.965. The predicted molar refractivity (Wildman–Crippen MR) is 106 cm³/mol. The van der Waals surface area contributed by atoms with Gasteiger partial charge in [-0.2, -0.15) is 0 Å². The number of amides is 1. The fraction of sp³-hybridized carbons (Fsp3) is 0.944. The maximum atomic E-state index is 12.4. The number of halogens is 2. The molecule has 144 valence electrons. The lowest BCUT2D eigenvalue weighted by atomic mass is 9.85. The number of nitrogens with one attached hydrogen (secondary N) is 2. The second kappa shape index (κ2) is 12.3. The average molecular weight is 382 g/mol. The van der Waals surface area contributed by atoms with Crippen LogP contribution in [0.4, 0.5) is 0 Å². The third-order valence-electron chi connectivity index (χ3n) is 5.57. The zero-order valence-corrected chi connectivity index (χ0v) is 17.2. The Bertz CT molecular complexity index is 339. The molecule has 4 nitrogen and oxygen atoms in total. The van der Waals surface area contributed by atoms with Gasteiger partial charge in [0.1, 0.15) is 0 Å². The van der Waals surface area contributed by atoms with Crippen LogP contribution in [-0.2, 0) is 4.79 Å². The summed E-state index contributed by atoms with van der Waals surface area (Å²) in [5, 5.41) is 6.79. The van der Waals surface area contributed by atoms with Crippen LogP contribution < -0.4 is 10.6 Å². The molecule has 1 saturated heterocycles. The quantitative estimate of drug-likeness (QED) is 0.677. The summed E-state index contributed by atoms with van der Waals surface area (Å²) in [6, 6.07) is 0.938. The molecular weight excluding hydrogens is 345 g/mol. The lowest BCUT2D eigenvalue weighted by Gasteiger charge is -2.24. The van der Waals surface area contributed by atoms with E-state index in [9.17, 15) is 4.79 Å². The van der Waals surface area contributed by atoms with E-state index in [0.717, 1.165) is 44.8 Å². The molecule has 0 radical (unpaired) electrons. The largest absolute Gasteiger partial charge is 0.352 e. The van der Waals surface area contributed by atoms with Gasteiger partial charge in [-0.25, -0.2) is 0 Å². The van der Waals surface area contributed by atoms with Crippen LogP contribution in [0.5, 0.6) is 0 Å². The molecule has 1 amide bonds. The molecule has 0 spiro atoms. The monoisotopic (exact) mass is 381 g/mol. The van der Waals surface area contributed by atoms with Gasteiger partial charge in [0.2, 0.25) is 5.91 Å². The van der Waals surface area contributed by atoms with Crippen molar-refractivity contribution < 1.29 is 4.79 Å². The minimum Gasteiger partial charge on any atom is -0.352 e.